The third-order valence-electron chi connectivity index (χ3n) is 5.03. The van der Waals surface area contributed by atoms with Crippen LogP contribution < -0.4 is 9.64 Å². The minimum atomic E-state index is -0.885. The number of anilines is 1. The van der Waals surface area contributed by atoms with Crippen LogP contribution in [0.3, 0.4) is 0 Å². The van der Waals surface area contributed by atoms with Crippen LogP contribution in [0.5, 0.6) is 11.5 Å². The number of carbonyl (C=O) groups is 2. The number of rotatable bonds is 6. The van der Waals surface area contributed by atoms with Gasteiger partial charge in [0.15, 0.2) is 23.0 Å². The molecule has 30 heavy (non-hydrogen) atoms. The number of hydrogen-bond acceptors (Lipinski definition) is 5. The van der Waals surface area contributed by atoms with E-state index >= 15 is 0 Å². The Balaban J connectivity index is 2.25. The van der Waals surface area contributed by atoms with Crippen LogP contribution in [0.25, 0.3) is 0 Å². The fourth-order valence-electron chi connectivity index (χ4n) is 3.55. The molecule has 2 N–H and O–H groups in total. The van der Waals surface area contributed by atoms with Gasteiger partial charge in [-0.25, -0.2) is 0 Å². The number of aliphatic hydroxyl groups excluding tert-OH is 1. The number of halogens is 1. The number of aliphatic hydroxyl groups is 1. The second-order valence-electron chi connectivity index (χ2n) is 7.45. The topological polar surface area (TPSA) is 87.1 Å². The number of ketones is 1. The van der Waals surface area contributed by atoms with E-state index in [4.69, 9.17) is 16.3 Å². The lowest BCUT2D eigenvalue weighted by Gasteiger charge is -2.29. The number of phenols is 1. The molecule has 1 heterocycles. The standard InChI is InChI=1S/C23H24ClNO5/c1-5-30-18-10-14(7-9-17(18)26)20-19(21(27)12(2)3)22(28)23(29)25(20)16-11-15(24)8-6-13(16)4/h6-12,20,26,28H,5H2,1-4H3. The summed E-state index contributed by atoms with van der Waals surface area (Å²) in [6.45, 7) is 7.35. The Hall–Kier alpha value is -2.99. The molecule has 2 aromatic rings. The van der Waals surface area contributed by atoms with Gasteiger partial charge in [-0.2, -0.15) is 0 Å². The zero-order valence-electron chi connectivity index (χ0n) is 17.3. The first-order valence-corrected chi connectivity index (χ1v) is 10.1. The van der Waals surface area contributed by atoms with Gasteiger partial charge in [0.1, 0.15) is 0 Å². The van der Waals surface area contributed by atoms with E-state index in [0.717, 1.165) is 5.56 Å². The molecule has 7 heteroatoms. The molecule has 0 saturated heterocycles. The number of nitrogens with zero attached hydrogens (tertiary/aromatic N) is 1. The molecule has 3 rings (SSSR count). The van der Waals surface area contributed by atoms with Gasteiger partial charge in [-0.3, -0.25) is 14.5 Å². The summed E-state index contributed by atoms with van der Waals surface area (Å²) in [5, 5.41) is 21.2. The van der Waals surface area contributed by atoms with Crippen molar-refractivity contribution in [1.29, 1.82) is 0 Å². The van der Waals surface area contributed by atoms with Crippen LogP contribution in [0.1, 0.15) is 37.9 Å². The van der Waals surface area contributed by atoms with E-state index in [0.29, 0.717) is 22.9 Å². The maximum atomic E-state index is 13.1. The molecule has 0 bridgehead atoms. The number of benzene rings is 2. The van der Waals surface area contributed by atoms with Gasteiger partial charge >= 0.3 is 0 Å². The highest BCUT2D eigenvalue weighted by atomic mass is 35.5. The Morgan fingerprint density at radius 1 is 1.20 bits per heavy atom. The number of amides is 1. The van der Waals surface area contributed by atoms with Gasteiger partial charge in [-0.1, -0.05) is 37.6 Å². The summed E-state index contributed by atoms with van der Waals surface area (Å²) >= 11 is 6.18. The SMILES string of the molecule is CCOc1cc(C2C(C(=O)C(C)C)=C(O)C(=O)N2c2cc(Cl)ccc2C)ccc1O. The predicted molar refractivity (Wildman–Crippen MR) is 115 cm³/mol. The lowest BCUT2D eigenvalue weighted by atomic mass is 9.90. The molecule has 2 aromatic carbocycles. The molecule has 1 unspecified atom stereocenters. The van der Waals surface area contributed by atoms with Crippen molar-refractivity contribution in [3.63, 3.8) is 0 Å². The quantitative estimate of drug-likeness (QED) is 0.683. The van der Waals surface area contributed by atoms with E-state index in [1.54, 1.807) is 51.1 Å². The van der Waals surface area contributed by atoms with Crippen LogP contribution in [-0.2, 0) is 9.59 Å². The molecular formula is C23H24ClNO5. The summed E-state index contributed by atoms with van der Waals surface area (Å²) in [5.74, 6) is -1.85. The normalized spacial score (nSPS) is 16.5. The number of ether oxygens (including phenoxy) is 1. The van der Waals surface area contributed by atoms with Gasteiger partial charge in [0.05, 0.1) is 18.2 Å². The number of carbonyl (C=O) groups excluding carboxylic acids is 2. The summed E-state index contributed by atoms with van der Waals surface area (Å²) in [4.78, 5) is 27.5. The minimum Gasteiger partial charge on any atom is -0.504 e. The Bertz CT molecular complexity index is 1040. The molecule has 0 saturated carbocycles. The second-order valence-corrected chi connectivity index (χ2v) is 7.89. The molecule has 6 nitrogen and oxygen atoms in total. The Labute approximate surface area is 180 Å². The van der Waals surface area contributed by atoms with Crippen LogP contribution in [0.15, 0.2) is 47.7 Å². The van der Waals surface area contributed by atoms with E-state index in [1.165, 1.54) is 11.0 Å². The molecule has 1 aliphatic rings. The average molecular weight is 430 g/mol. The maximum Gasteiger partial charge on any atom is 0.294 e. The van der Waals surface area contributed by atoms with E-state index in [-0.39, 0.29) is 22.9 Å². The Morgan fingerprint density at radius 3 is 2.53 bits per heavy atom. The van der Waals surface area contributed by atoms with Crippen LogP contribution in [-0.4, -0.2) is 28.5 Å². The Kier molecular flexibility index (Phi) is 6.08. The fourth-order valence-corrected chi connectivity index (χ4v) is 3.71. The highest BCUT2D eigenvalue weighted by Gasteiger charge is 2.45. The summed E-state index contributed by atoms with van der Waals surface area (Å²) in [6, 6.07) is 8.85. The van der Waals surface area contributed by atoms with Crippen molar-refractivity contribution < 1.29 is 24.5 Å². The zero-order valence-corrected chi connectivity index (χ0v) is 18.0. The van der Waals surface area contributed by atoms with Crippen molar-refractivity contribution in [1.82, 2.24) is 0 Å². The third kappa shape index (κ3) is 3.75. The zero-order chi connectivity index (χ0) is 22.2. The highest BCUT2D eigenvalue weighted by Crippen LogP contribution is 2.45. The first-order chi connectivity index (χ1) is 14.2. The van der Waals surface area contributed by atoms with E-state index < -0.39 is 23.6 Å². The first kappa shape index (κ1) is 21.7. The smallest absolute Gasteiger partial charge is 0.294 e. The molecule has 158 valence electrons. The van der Waals surface area contributed by atoms with Crippen molar-refractivity contribution in [2.45, 2.75) is 33.7 Å². The number of Topliss-reactive ketones (excluding diaryl/α,β-unsaturated/α-hetero) is 1. The molecule has 0 spiro atoms. The monoisotopic (exact) mass is 429 g/mol. The third-order valence-corrected chi connectivity index (χ3v) is 5.26. The van der Waals surface area contributed by atoms with Gasteiger partial charge in [0.2, 0.25) is 0 Å². The molecule has 0 radical (unpaired) electrons. The number of hydrogen-bond donors (Lipinski definition) is 2. The largest absolute Gasteiger partial charge is 0.504 e. The van der Waals surface area contributed by atoms with Crippen molar-refractivity contribution in [3.05, 3.63) is 63.9 Å². The molecule has 0 fully saturated rings. The Morgan fingerprint density at radius 2 is 1.90 bits per heavy atom. The van der Waals surface area contributed by atoms with Gasteiger partial charge < -0.3 is 14.9 Å². The fraction of sp³-hybridized carbons (Fsp3) is 0.304. The second kappa shape index (κ2) is 8.40. The van der Waals surface area contributed by atoms with Gasteiger partial charge in [-0.05, 0) is 49.2 Å². The summed E-state index contributed by atoms with van der Waals surface area (Å²) in [5.41, 5.74) is 1.79. The molecule has 1 atom stereocenters. The molecular weight excluding hydrogens is 406 g/mol. The maximum absolute atomic E-state index is 13.1. The van der Waals surface area contributed by atoms with Crippen molar-refractivity contribution in [2.24, 2.45) is 5.92 Å². The number of phenolic OH excluding ortho intramolecular Hbond substituents is 1. The van der Waals surface area contributed by atoms with Gasteiger partial charge in [0.25, 0.3) is 5.91 Å². The van der Waals surface area contributed by atoms with Crippen molar-refractivity contribution >= 4 is 29.0 Å². The highest BCUT2D eigenvalue weighted by molar-refractivity contribution is 6.31. The average Bonchev–Trinajstić information content (AvgIpc) is 2.96. The molecule has 0 aliphatic carbocycles. The van der Waals surface area contributed by atoms with Crippen LogP contribution in [0.4, 0.5) is 5.69 Å². The minimum absolute atomic E-state index is 0.0162. The van der Waals surface area contributed by atoms with Crippen LogP contribution in [0, 0.1) is 12.8 Å². The van der Waals surface area contributed by atoms with E-state index in [1.807, 2.05) is 6.92 Å². The van der Waals surface area contributed by atoms with Crippen molar-refractivity contribution in [3.8, 4) is 11.5 Å². The lowest BCUT2D eigenvalue weighted by molar-refractivity contribution is -0.119. The van der Waals surface area contributed by atoms with Crippen LogP contribution >= 0.6 is 11.6 Å². The molecule has 1 amide bonds. The lowest BCUT2D eigenvalue weighted by Crippen LogP contribution is -2.32. The summed E-state index contributed by atoms with van der Waals surface area (Å²) in [7, 11) is 0. The van der Waals surface area contributed by atoms with Gasteiger partial charge in [0, 0.05) is 16.6 Å². The van der Waals surface area contributed by atoms with E-state index in [9.17, 15) is 19.8 Å². The summed E-state index contributed by atoms with van der Waals surface area (Å²) < 4.78 is 5.48. The first-order valence-electron chi connectivity index (χ1n) is 9.70. The van der Waals surface area contributed by atoms with Gasteiger partial charge in [-0.15, -0.1) is 0 Å². The summed E-state index contributed by atoms with van der Waals surface area (Å²) in [6.07, 6.45) is 0. The van der Waals surface area contributed by atoms with Crippen LogP contribution in [0.2, 0.25) is 5.02 Å². The van der Waals surface area contributed by atoms with Crippen molar-refractivity contribution in [2.75, 3.05) is 11.5 Å². The number of aromatic hydroxyl groups is 1. The molecule has 0 aromatic heterocycles. The predicted octanol–water partition coefficient (Wildman–Crippen LogP) is 4.88. The molecule has 1 aliphatic heterocycles. The number of aryl methyl sites for hydroxylation is 1. The van der Waals surface area contributed by atoms with E-state index in [2.05, 4.69) is 0 Å².